The second kappa shape index (κ2) is 12.5. The van der Waals surface area contributed by atoms with Crippen molar-refractivity contribution in [1.82, 2.24) is 4.98 Å². The van der Waals surface area contributed by atoms with Crippen LogP contribution >= 0.6 is 11.8 Å². The van der Waals surface area contributed by atoms with Crippen molar-refractivity contribution < 1.29 is 4.39 Å². The van der Waals surface area contributed by atoms with E-state index >= 15 is 0 Å². The fourth-order valence-electron chi connectivity index (χ4n) is 3.98. The van der Waals surface area contributed by atoms with Gasteiger partial charge in [-0.25, -0.2) is 4.39 Å². The first-order valence-corrected chi connectivity index (χ1v) is 12.8. The number of aromatic nitrogens is 1. The Bertz CT molecular complexity index is 1110. The molecule has 1 aromatic heterocycles. The molecule has 0 amide bonds. The van der Waals surface area contributed by atoms with E-state index in [4.69, 9.17) is 4.99 Å². The monoisotopic (exact) mass is 460 g/mol. The number of nitrogens with zero attached hydrogens (tertiary/aromatic N) is 2. The molecule has 3 aromatic rings. The molecule has 0 N–H and O–H groups in total. The van der Waals surface area contributed by atoms with E-state index in [0.717, 1.165) is 53.0 Å². The number of rotatable bonds is 11. The van der Waals surface area contributed by atoms with Gasteiger partial charge in [-0.2, -0.15) is 0 Å². The normalized spacial score (nSPS) is 12.2. The van der Waals surface area contributed by atoms with Crippen molar-refractivity contribution in [2.75, 3.05) is 6.26 Å². The molecule has 0 saturated carbocycles. The van der Waals surface area contributed by atoms with Crippen molar-refractivity contribution in [2.45, 2.75) is 56.9 Å². The lowest BCUT2D eigenvalue weighted by molar-refractivity contribution is 0.572. The Morgan fingerprint density at radius 2 is 2.00 bits per heavy atom. The van der Waals surface area contributed by atoms with Crippen molar-refractivity contribution in [3.8, 4) is 11.1 Å². The zero-order valence-electron chi connectivity index (χ0n) is 19.9. The number of halogens is 1. The third-order valence-electron chi connectivity index (χ3n) is 5.76. The molecule has 0 aliphatic rings. The Kier molecular flexibility index (Phi) is 9.44. The van der Waals surface area contributed by atoms with Crippen LogP contribution in [0, 0.1) is 12.7 Å². The number of aliphatic imine (C=N–C) groups is 1. The van der Waals surface area contributed by atoms with E-state index in [1.165, 1.54) is 29.0 Å². The van der Waals surface area contributed by atoms with Gasteiger partial charge in [-0.1, -0.05) is 55.5 Å². The summed E-state index contributed by atoms with van der Waals surface area (Å²) in [6.07, 6.45) is 10.6. The number of aryl methyl sites for hydroxylation is 2. The Morgan fingerprint density at radius 3 is 2.76 bits per heavy atom. The van der Waals surface area contributed by atoms with Gasteiger partial charge >= 0.3 is 0 Å². The van der Waals surface area contributed by atoms with Gasteiger partial charge in [-0.05, 0) is 73.8 Å². The fraction of sp³-hybridized carbons (Fsp3) is 0.310. The quantitative estimate of drug-likeness (QED) is 0.215. The van der Waals surface area contributed by atoms with Crippen LogP contribution in [0.5, 0.6) is 0 Å². The molecule has 3 rings (SSSR count). The maximum Gasteiger partial charge on any atom is 0.124 e. The molecule has 1 atom stereocenters. The summed E-state index contributed by atoms with van der Waals surface area (Å²) in [6.45, 7) is 8.56. The first-order valence-electron chi connectivity index (χ1n) is 11.5. The predicted octanol–water partition coefficient (Wildman–Crippen LogP) is 7.89. The summed E-state index contributed by atoms with van der Waals surface area (Å²) in [4.78, 5) is 10.3. The molecule has 172 valence electrons. The SMILES string of the molecule is C=C(/C=N\C(CC)CCCc1cccc(C)c1)Cc1ncccc1-c1ccc(F)cc1SC. The molecule has 33 heavy (non-hydrogen) atoms. The lowest BCUT2D eigenvalue weighted by Crippen LogP contribution is -2.05. The number of benzene rings is 2. The summed E-state index contributed by atoms with van der Waals surface area (Å²) in [5, 5.41) is 0. The third-order valence-corrected chi connectivity index (χ3v) is 6.54. The van der Waals surface area contributed by atoms with Crippen LogP contribution in [-0.2, 0) is 12.8 Å². The lowest BCUT2D eigenvalue weighted by Gasteiger charge is -2.13. The summed E-state index contributed by atoms with van der Waals surface area (Å²) in [5.41, 5.74) is 6.59. The molecule has 0 fully saturated rings. The number of thioether (sulfide) groups is 1. The van der Waals surface area contributed by atoms with Crippen LogP contribution in [0.4, 0.5) is 4.39 Å². The van der Waals surface area contributed by atoms with E-state index in [-0.39, 0.29) is 5.82 Å². The van der Waals surface area contributed by atoms with Crippen molar-refractivity contribution >= 4 is 18.0 Å². The lowest BCUT2D eigenvalue weighted by atomic mass is 10.00. The topological polar surface area (TPSA) is 25.2 Å². The van der Waals surface area contributed by atoms with Gasteiger partial charge in [0.25, 0.3) is 0 Å². The molecule has 2 nitrogen and oxygen atoms in total. The third kappa shape index (κ3) is 7.40. The molecule has 0 aliphatic carbocycles. The largest absolute Gasteiger partial charge is 0.290 e. The van der Waals surface area contributed by atoms with E-state index in [0.29, 0.717) is 12.5 Å². The van der Waals surface area contributed by atoms with Crippen molar-refractivity contribution in [3.05, 3.63) is 95.6 Å². The molecular weight excluding hydrogens is 427 g/mol. The van der Waals surface area contributed by atoms with Gasteiger partial charge in [-0.15, -0.1) is 11.8 Å². The van der Waals surface area contributed by atoms with Crippen LogP contribution in [0.15, 0.2) is 82.8 Å². The van der Waals surface area contributed by atoms with E-state index in [2.05, 4.69) is 49.7 Å². The Labute approximate surface area is 202 Å². The standard InChI is InChI=1S/C29H33FN2S/c1-5-25(12-7-11-23-10-6-9-21(2)17-23)32-20-22(3)18-28-26(13-8-16-31-28)27-15-14-24(30)19-29(27)33-4/h6,8-10,13-17,19-20,25H,3,5,7,11-12,18H2,1-2,4H3/b32-20-. The molecule has 0 bridgehead atoms. The smallest absolute Gasteiger partial charge is 0.124 e. The van der Waals surface area contributed by atoms with E-state index in [1.807, 2.05) is 30.7 Å². The highest BCUT2D eigenvalue weighted by molar-refractivity contribution is 7.98. The minimum absolute atomic E-state index is 0.224. The molecule has 0 saturated heterocycles. The van der Waals surface area contributed by atoms with Gasteiger partial charge in [-0.3, -0.25) is 9.98 Å². The zero-order chi connectivity index (χ0) is 23.6. The first kappa shape index (κ1) is 24.9. The number of hydrogen-bond acceptors (Lipinski definition) is 3. The molecule has 0 radical (unpaired) electrons. The average molecular weight is 461 g/mol. The van der Waals surface area contributed by atoms with Gasteiger partial charge in [0.05, 0.1) is 5.69 Å². The van der Waals surface area contributed by atoms with Crippen molar-refractivity contribution in [1.29, 1.82) is 0 Å². The Balaban J connectivity index is 1.63. The summed E-state index contributed by atoms with van der Waals surface area (Å²) < 4.78 is 13.7. The highest BCUT2D eigenvalue weighted by atomic mass is 32.2. The number of pyridine rings is 1. The predicted molar refractivity (Wildman–Crippen MR) is 141 cm³/mol. The van der Waals surface area contributed by atoms with Gasteiger partial charge in [0.15, 0.2) is 0 Å². The summed E-state index contributed by atoms with van der Waals surface area (Å²) >= 11 is 1.54. The molecule has 1 heterocycles. The van der Waals surface area contributed by atoms with Gasteiger partial charge in [0.2, 0.25) is 0 Å². The summed E-state index contributed by atoms with van der Waals surface area (Å²) in [5.74, 6) is -0.224. The van der Waals surface area contributed by atoms with E-state index < -0.39 is 0 Å². The second-order valence-electron chi connectivity index (χ2n) is 8.40. The van der Waals surface area contributed by atoms with Crippen LogP contribution < -0.4 is 0 Å². The minimum atomic E-state index is -0.224. The molecular formula is C29H33FN2S. The zero-order valence-corrected chi connectivity index (χ0v) is 20.7. The Morgan fingerprint density at radius 1 is 1.15 bits per heavy atom. The van der Waals surface area contributed by atoms with E-state index in [1.54, 1.807) is 12.3 Å². The van der Waals surface area contributed by atoms with Crippen LogP contribution in [0.2, 0.25) is 0 Å². The molecule has 0 aliphatic heterocycles. The molecule has 2 aromatic carbocycles. The maximum atomic E-state index is 13.7. The van der Waals surface area contributed by atoms with Crippen LogP contribution in [0.25, 0.3) is 11.1 Å². The van der Waals surface area contributed by atoms with Gasteiger partial charge in [0, 0.05) is 35.3 Å². The molecule has 1 unspecified atom stereocenters. The minimum Gasteiger partial charge on any atom is -0.290 e. The van der Waals surface area contributed by atoms with Crippen LogP contribution in [0.3, 0.4) is 0 Å². The second-order valence-corrected chi connectivity index (χ2v) is 9.25. The molecule has 0 spiro atoms. The highest BCUT2D eigenvalue weighted by Gasteiger charge is 2.12. The average Bonchev–Trinajstić information content (AvgIpc) is 2.81. The molecule has 4 heteroatoms. The highest BCUT2D eigenvalue weighted by Crippen LogP contribution is 2.33. The number of allylic oxidation sites excluding steroid dienone is 1. The van der Waals surface area contributed by atoms with Crippen LogP contribution in [-0.4, -0.2) is 23.5 Å². The summed E-state index contributed by atoms with van der Waals surface area (Å²) in [7, 11) is 0. The van der Waals surface area contributed by atoms with Gasteiger partial charge in [0.1, 0.15) is 5.82 Å². The first-order chi connectivity index (χ1) is 16.0. The van der Waals surface area contributed by atoms with Crippen molar-refractivity contribution in [3.63, 3.8) is 0 Å². The van der Waals surface area contributed by atoms with Crippen LogP contribution in [0.1, 0.15) is 43.0 Å². The fourth-order valence-corrected chi connectivity index (χ4v) is 4.61. The van der Waals surface area contributed by atoms with Gasteiger partial charge < -0.3 is 0 Å². The Hall–Kier alpha value is -2.72. The summed E-state index contributed by atoms with van der Waals surface area (Å²) in [6, 6.07) is 17.9. The van der Waals surface area contributed by atoms with E-state index in [9.17, 15) is 4.39 Å². The maximum absolute atomic E-state index is 13.7. The number of hydrogen-bond donors (Lipinski definition) is 0. The van der Waals surface area contributed by atoms with Crippen molar-refractivity contribution in [2.24, 2.45) is 4.99 Å².